The fourth-order valence-electron chi connectivity index (χ4n) is 2.70. The van der Waals surface area contributed by atoms with Crippen LogP contribution in [0.15, 0.2) is 96.2 Å². The van der Waals surface area contributed by atoms with Crippen molar-refractivity contribution < 1.29 is 0 Å². The van der Waals surface area contributed by atoms with Crippen molar-refractivity contribution >= 4 is 11.5 Å². The van der Waals surface area contributed by atoms with E-state index in [2.05, 4.69) is 15.3 Å². The van der Waals surface area contributed by atoms with E-state index in [1.807, 2.05) is 72.9 Å². The van der Waals surface area contributed by atoms with Gasteiger partial charge in [0.15, 0.2) is 0 Å². The quantitative estimate of drug-likeness (QED) is 0.609. The van der Waals surface area contributed by atoms with Crippen LogP contribution in [-0.4, -0.2) is 14.5 Å². The second-order valence-corrected chi connectivity index (χ2v) is 5.71. The summed E-state index contributed by atoms with van der Waals surface area (Å²) in [5, 5.41) is 3.12. The second-order valence-electron chi connectivity index (χ2n) is 5.71. The maximum Gasteiger partial charge on any atom is 0.278 e. The molecular formula is C21H16N4O. The molecule has 0 radical (unpaired) electrons. The molecule has 126 valence electrons. The van der Waals surface area contributed by atoms with E-state index in [0.29, 0.717) is 11.5 Å². The SMILES string of the molecule is O=c1c(Nc2ccccn2)cc(-c2ccccn2)cn1-c1ccccc1. The van der Waals surface area contributed by atoms with Crippen molar-refractivity contribution in [2.75, 3.05) is 5.32 Å². The van der Waals surface area contributed by atoms with Crippen LogP contribution in [0.2, 0.25) is 0 Å². The fraction of sp³-hybridized carbons (Fsp3) is 0. The Morgan fingerprint density at radius 2 is 1.54 bits per heavy atom. The van der Waals surface area contributed by atoms with E-state index >= 15 is 0 Å². The van der Waals surface area contributed by atoms with E-state index in [9.17, 15) is 4.79 Å². The van der Waals surface area contributed by atoms with Gasteiger partial charge in [0.1, 0.15) is 11.5 Å². The van der Waals surface area contributed by atoms with Gasteiger partial charge >= 0.3 is 0 Å². The van der Waals surface area contributed by atoms with Crippen molar-refractivity contribution in [2.24, 2.45) is 0 Å². The van der Waals surface area contributed by atoms with E-state index < -0.39 is 0 Å². The smallest absolute Gasteiger partial charge is 0.278 e. The van der Waals surface area contributed by atoms with Gasteiger partial charge < -0.3 is 5.32 Å². The van der Waals surface area contributed by atoms with Gasteiger partial charge in [-0.3, -0.25) is 14.3 Å². The summed E-state index contributed by atoms with van der Waals surface area (Å²) < 4.78 is 1.62. The predicted octanol–water partition coefficient (Wildman–Crippen LogP) is 4.04. The molecule has 0 aliphatic carbocycles. The minimum Gasteiger partial charge on any atom is -0.336 e. The average Bonchev–Trinajstić information content (AvgIpc) is 2.71. The number of para-hydroxylation sites is 1. The molecule has 0 saturated heterocycles. The van der Waals surface area contributed by atoms with Crippen LogP contribution < -0.4 is 10.9 Å². The van der Waals surface area contributed by atoms with E-state index in [0.717, 1.165) is 16.9 Å². The molecule has 0 aliphatic heterocycles. The summed E-state index contributed by atoms with van der Waals surface area (Å²) in [5.74, 6) is 0.613. The number of anilines is 2. The summed E-state index contributed by atoms with van der Waals surface area (Å²) in [4.78, 5) is 21.7. The highest BCUT2D eigenvalue weighted by Crippen LogP contribution is 2.21. The van der Waals surface area contributed by atoms with Gasteiger partial charge in [0.05, 0.1) is 5.69 Å². The zero-order valence-electron chi connectivity index (χ0n) is 13.9. The molecule has 0 unspecified atom stereocenters. The van der Waals surface area contributed by atoms with Crippen molar-refractivity contribution in [1.29, 1.82) is 0 Å². The topological polar surface area (TPSA) is 59.8 Å². The lowest BCUT2D eigenvalue weighted by molar-refractivity contribution is 0.992. The van der Waals surface area contributed by atoms with Crippen LogP contribution in [0, 0.1) is 0 Å². The molecule has 0 amide bonds. The monoisotopic (exact) mass is 340 g/mol. The third kappa shape index (κ3) is 3.23. The number of rotatable bonds is 4. The lowest BCUT2D eigenvalue weighted by Crippen LogP contribution is -2.21. The third-order valence-electron chi connectivity index (χ3n) is 3.94. The molecule has 5 heteroatoms. The van der Waals surface area contributed by atoms with E-state index in [1.165, 1.54) is 0 Å². The number of benzene rings is 1. The van der Waals surface area contributed by atoms with Gasteiger partial charge in [0, 0.05) is 29.8 Å². The highest BCUT2D eigenvalue weighted by molar-refractivity contribution is 5.67. The minimum absolute atomic E-state index is 0.151. The molecule has 26 heavy (non-hydrogen) atoms. The van der Waals surface area contributed by atoms with Gasteiger partial charge in [-0.15, -0.1) is 0 Å². The number of hydrogen-bond acceptors (Lipinski definition) is 4. The number of pyridine rings is 3. The number of hydrogen-bond donors (Lipinski definition) is 1. The lowest BCUT2D eigenvalue weighted by Gasteiger charge is -2.13. The molecular weight excluding hydrogens is 324 g/mol. The van der Waals surface area contributed by atoms with Crippen LogP contribution in [0.4, 0.5) is 11.5 Å². The third-order valence-corrected chi connectivity index (χ3v) is 3.94. The molecule has 0 aliphatic rings. The Labute approximate surface area is 150 Å². The molecule has 4 rings (SSSR count). The maximum absolute atomic E-state index is 13.0. The van der Waals surface area contributed by atoms with Crippen LogP contribution in [0.1, 0.15) is 0 Å². The van der Waals surface area contributed by atoms with Crippen molar-refractivity contribution in [3.05, 3.63) is 102 Å². The van der Waals surface area contributed by atoms with Gasteiger partial charge in [0.25, 0.3) is 5.56 Å². The Morgan fingerprint density at radius 1 is 0.808 bits per heavy atom. The van der Waals surface area contributed by atoms with E-state index in [-0.39, 0.29) is 5.56 Å². The molecule has 1 aromatic carbocycles. The molecule has 0 spiro atoms. The van der Waals surface area contributed by atoms with Gasteiger partial charge in [-0.1, -0.05) is 30.3 Å². The van der Waals surface area contributed by atoms with E-state index in [4.69, 9.17) is 0 Å². The number of nitrogens with zero attached hydrogens (tertiary/aromatic N) is 3. The fourth-order valence-corrected chi connectivity index (χ4v) is 2.70. The van der Waals surface area contributed by atoms with Crippen molar-refractivity contribution in [1.82, 2.24) is 14.5 Å². The molecule has 3 heterocycles. The average molecular weight is 340 g/mol. The number of aromatic nitrogens is 3. The summed E-state index contributed by atoms with van der Waals surface area (Å²) in [6.07, 6.45) is 5.23. The molecule has 5 nitrogen and oxygen atoms in total. The van der Waals surface area contributed by atoms with Crippen LogP contribution in [0.3, 0.4) is 0 Å². The number of nitrogens with one attached hydrogen (secondary N) is 1. The summed E-state index contributed by atoms with van der Waals surface area (Å²) in [6.45, 7) is 0. The molecule has 0 atom stereocenters. The van der Waals surface area contributed by atoms with Crippen LogP contribution >= 0.6 is 0 Å². The highest BCUT2D eigenvalue weighted by atomic mass is 16.1. The first-order valence-electron chi connectivity index (χ1n) is 8.23. The Morgan fingerprint density at radius 3 is 2.23 bits per heavy atom. The molecule has 0 saturated carbocycles. The van der Waals surface area contributed by atoms with Crippen molar-refractivity contribution in [2.45, 2.75) is 0 Å². The second kappa shape index (κ2) is 7.03. The molecule has 4 aromatic rings. The van der Waals surface area contributed by atoms with Crippen molar-refractivity contribution in [3.8, 4) is 16.9 Å². The van der Waals surface area contributed by atoms with Gasteiger partial charge in [-0.25, -0.2) is 4.98 Å². The van der Waals surface area contributed by atoms with Crippen LogP contribution in [-0.2, 0) is 0 Å². The van der Waals surface area contributed by atoms with Crippen LogP contribution in [0.5, 0.6) is 0 Å². The van der Waals surface area contributed by atoms with Crippen LogP contribution in [0.25, 0.3) is 16.9 Å². The first-order chi connectivity index (χ1) is 12.8. The molecule has 1 N–H and O–H groups in total. The summed E-state index contributed by atoms with van der Waals surface area (Å²) in [6, 6.07) is 22.5. The summed E-state index contributed by atoms with van der Waals surface area (Å²) in [5.41, 5.74) is 2.71. The normalized spacial score (nSPS) is 10.5. The Hall–Kier alpha value is -3.73. The maximum atomic E-state index is 13.0. The Bertz CT molecular complexity index is 1060. The highest BCUT2D eigenvalue weighted by Gasteiger charge is 2.11. The first-order valence-corrected chi connectivity index (χ1v) is 8.23. The van der Waals surface area contributed by atoms with Crippen molar-refractivity contribution in [3.63, 3.8) is 0 Å². The summed E-state index contributed by atoms with van der Waals surface area (Å²) >= 11 is 0. The first kappa shape index (κ1) is 15.8. The minimum atomic E-state index is -0.151. The Kier molecular flexibility index (Phi) is 4.26. The lowest BCUT2D eigenvalue weighted by atomic mass is 10.1. The largest absolute Gasteiger partial charge is 0.336 e. The molecule has 0 bridgehead atoms. The molecule has 0 fully saturated rings. The summed E-state index contributed by atoms with van der Waals surface area (Å²) in [7, 11) is 0. The Balaban J connectivity index is 1.89. The molecule has 3 aromatic heterocycles. The van der Waals surface area contributed by atoms with E-state index in [1.54, 1.807) is 23.0 Å². The zero-order chi connectivity index (χ0) is 17.8. The zero-order valence-corrected chi connectivity index (χ0v) is 13.9. The predicted molar refractivity (Wildman–Crippen MR) is 103 cm³/mol. The van der Waals surface area contributed by atoms with Gasteiger partial charge in [-0.05, 0) is 42.5 Å². The standard InChI is InChI=1S/C21H16N4O/c26-21-19(24-20-11-5-7-13-23-20)14-16(18-10-4-6-12-22-18)15-25(21)17-8-2-1-3-9-17/h1-15H,(H,23,24). The van der Waals surface area contributed by atoms with Gasteiger partial charge in [0.2, 0.25) is 0 Å². The van der Waals surface area contributed by atoms with Gasteiger partial charge in [-0.2, -0.15) is 0 Å².